The van der Waals surface area contributed by atoms with Gasteiger partial charge in [-0.2, -0.15) is 10.2 Å². The number of rotatable bonds is 7. The zero-order valence-corrected chi connectivity index (χ0v) is 15.4. The van der Waals surface area contributed by atoms with Gasteiger partial charge in [-0.3, -0.25) is 9.48 Å². The van der Waals surface area contributed by atoms with Gasteiger partial charge in [-0.05, 0) is 25.5 Å². The van der Waals surface area contributed by atoms with E-state index in [-0.39, 0.29) is 12.6 Å². The zero-order valence-electron chi connectivity index (χ0n) is 14.6. The first-order valence-corrected chi connectivity index (χ1v) is 8.58. The maximum atomic E-state index is 12.0. The number of anilines is 1. The molecule has 1 aromatic carbocycles. The van der Waals surface area contributed by atoms with Crippen molar-refractivity contribution < 1.29 is 9.53 Å². The van der Waals surface area contributed by atoms with Crippen LogP contribution >= 0.6 is 11.6 Å². The number of aromatic nitrogens is 4. The highest BCUT2D eigenvalue weighted by Gasteiger charge is 2.07. The van der Waals surface area contributed by atoms with Crippen molar-refractivity contribution in [2.75, 3.05) is 5.32 Å². The molecular formula is C18H20ClN5O2. The molecule has 2 aromatic heterocycles. The number of halogens is 1. The van der Waals surface area contributed by atoms with Gasteiger partial charge in [0.2, 0.25) is 5.91 Å². The summed E-state index contributed by atoms with van der Waals surface area (Å²) < 4.78 is 9.02. The summed E-state index contributed by atoms with van der Waals surface area (Å²) in [4.78, 5) is 12.0. The predicted octanol–water partition coefficient (Wildman–Crippen LogP) is 3.42. The van der Waals surface area contributed by atoms with Crippen molar-refractivity contribution in [2.45, 2.75) is 33.5 Å². The Kier molecular flexibility index (Phi) is 5.58. The van der Waals surface area contributed by atoms with Crippen LogP contribution in [-0.2, 0) is 18.1 Å². The van der Waals surface area contributed by atoms with Gasteiger partial charge in [-0.15, -0.1) is 0 Å². The van der Waals surface area contributed by atoms with E-state index in [1.165, 1.54) is 5.56 Å². The number of nitrogens with zero attached hydrogens (tertiary/aromatic N) is 4. The molecule has 0 bridgehead atoms. The van der Waals surface area contributed by atoms with Crippen LogP contribution < -0.4 is 10.1 Å². The molecule has 0 aliphatic carbocycles. The predicted molar refractivity (Wildman–Crippen MR) is 99.3 cm³/mol. The number of nitrogens with one attached hydrogen (secondary N) is 1. The van der Waals surface area contributed by atoms with Crippen LogP contribution in [0.15, 0.2) is 43.0 Å². The molecule has 0 unspecified atom stereocenters. The van der Waals surface area contributed by atoms with Gasteiger partial charge in [-0.1, -0.05) is 29.3 Å². The highest BCUT2D eigenvalue weighted by molar-refractivity contribution is 6.30. The van der Waals surface area contributed by atoms with Gasteiger partial charge in [0.15, 0.2) is 6.73 Å². The van der Waals surface area contributed by atoms with E-state index in [9.17, 15) is 4.79 Å². The Bertz CT molecular complexity index is 903. The van der Waals surface area contributed by atoms with E-state index < -0.39 is 0 Å². The molecule has 0 aliphatic rings. The van der Waals surface area contributed by atoms with E-state index >= 15 is 0 Å². The minimum absolute atomic E-state index is 0.119. The molecule has 0 saturated heterocycles. The third-order valence-electron chi connectivity index (χ3n) is 3.77. The van der Waals surface area contributed by atoms with Crippen molar-refractivity contribution in [3.05, 3.63) is 59.1 Å². The highest BCUT2D eigenvalue weighted by Crippen LogP contribution is 2.19. The summed E-state index contributed by atoms with van der Waals surface area (Å²) in [6.07, 6.45) is 6.83. The normalized spacial score (nSPS) is 10.7. The number of hydrogen-bond donors (Lipinski definition) is 1. The van der Waals surface area contributed by atoms with Crippen LogP contribution in [0.4, 0.5) is 5.69 Å². The fraction of sp³-hybridized carbons (Fsp3) is 0.278. The fourth-order valence-electron chi connectivity index (χ4n) is 2.50. The van der Waals surface area contributed by atoms with Gasteiger partial charge < -0.3 is 10.1 Å². The molecule has 3 rings (SSSR count). The molecule has 1 N–H and O–H groups in total. The summed E-state index contributed by atoms with van der Waals surface area (Å²) in [5.41, 5.74) is 2.89. The number of benzene rings is 1. The zero-order chi connectivity index (χ0) is 18.5. The molecule has 136 valence electrons. The van der Waals surface area contributed by atoms with Crippen molar-refractivity contribution in [3.8, 4) is 5.75 Å². The number of hydrogen-bond acceptors (Lipinski definition) is 4. The second-order valence-corrected chi connectivity index (χ2v) is 6.47. The summed E-state index contributed by atoms with van der Waals surface area (Å²) in [5.74, 6) is 0.695. The van der Waals surface area contributed by atoms with Gasteiger partial charge in [0.25, 0.3) is 0 Å². The van der Waals surface area contributed by atoms with Gasteiger partial charge >= 0.3 is 0 Å². The van der Waals surface area contributed by atoms with Crippen LogP contribution in [0.2, 0.25) is 5.02 Å². The molecule has 2 heterocycles. The molecule has 7 nitrogen and oxygen atoms in total. The summed E-state index contributed by atoms with van der Waals surface area (Å²) in [6, 6.07) is 6.01. The van der Waals surface area contributed by atoms with E-state index in [1.54, 1.807) is 34.2 Å². The topological polar surface area (TPSA) is 74.0 Å². The molecule has 0 atom stereocenters. The maximum Gasteiger partial charge on any atom is 0.226 e. The third kappa shape index (κ3) is 4.86. The Morgan fingerprint density at radius 3 is 2.73 bits per heavy atom. The second kappa shape index (κ2) is 8.05. The monoisotopic (exact) mass is 373 g/mol. The van der Waals surface area contributed by atoms with E-state index in [0.717, 1.165) is 11.3 Å². The molecular weight excluding hydrogens is 354 g/mol. The van der Waals surface area contributed by atoms with E-state index in [2.05, 4.69) is 21.6 Å². The lowest BCUT2D eigenvalue weighted by atomic mass is 10.1. The van der Waals surface area contributed by atoms with Crippen LogP contribution in [0.25, 0.3) is 0 Å². The number of ether oxygens (including phenoxy) is 1. The Morgan fingerprint density at radius 2 is 2.00 bits per heavy atom. The van der Waals surface area contributed by atoms with Crippen molar-refractivity contribution in [1.82, 2.24) is 19.6 Å². The summed E-state index contributed by atoms with van der Waals surface area (Å²) >= 11 is 5.79. The molecule has 3 aromatic rings. The Hall–Kier alpha value is -2.80. The second-order valence-electron chi connectivity index (χ2n) is 6.03. The first kappa shape index (κ1) is 18.0. The SMILES string of the molecule is Cc1ccc(OCn2cc(NC(=O)CCn3cc(Cl)cn3)cn2)c(C)c1. The number of carbonyl (C=O) groups excluding carboxylic acids is 1. The number of carbonyl (C=O) groups is 1. The van der Waals surface area contributed by atoms with Gasteiger partial charge in [0.05, 0.1) is 29.3 Å². The molecule has 0 radical (unpaired) electrons. The molecule has 0 aliphatic heterocycles. The summed E-state index contributed by atoms with van der Waals surface area (Å²) in [7, 11) is 0. The Balaban J connectivity index is 1.48. The minimum atomic E-state index is -0.119. The van der Waals surface area contributed by atoms with E-state index in [4.69, 9.17) is 16.3 Å². The maximum absolute atomic E-state index is 12.0. The largest absolute Gasteiger partial charge is 0.471 e. The van der Waals surface area contributed by atoms with Crippen LogP contribution in [-0.4, -0.2) is 25.5 Å². The molecule has 1 amide bonds. The van der Waals surface area contributed by atoms with Gasteiger partial charge in [0.1, 0.15) is 5.75 Å². The third-order valence-corrected chi connectivity index (χ3v) is 3.96. The smallest absolute Gasteiger partial charge is 0.226 e. The lowest BCUT2D eigenvalue weighted by molar-refractivity contribution is -0.116. The van der Waals surface area contributed by atoms with Gasteiger partial charge in [-0.25, -0.2) is 4.68 Å². The highest BCUT2D eigenvalue weighted by atomic mass is 35.5. The number of aryl methyl sites for hydroxylation is 3. The standard InChI is InChI=1S/C18H20ClN5O2/c1-13-3-4-17(14(2)7-13)26-12-24-11-16(9-21-24)22-18(25)5-6-23-10-15(19)8-20-23/h3-4,7-11H,5-6,12H2,1-2H3,(H,22,25). The molecule has 8 heteroatoms. The van der Waals surface area contributed by atoms with Crippen molar-refractivity contribution in [1.29, 1.82) is 0 Å². The molecule has 0 fully saturated rings. The van der Waals surface area contributed by atoms with Gasteiger partial charge in [0, 0.05) is 19.2 Å². The summed E-state index contributed by atoms with van der Waals surface area (Å²) in [6.45, 7) is 4.78. The van der Waals surface area contributed by atoms with Crippen LogP contribution in [0.3, 0.4) is 0 Å². The average Bonchev–Trinajstić information content (AvgIpc) is 3.21. The molecule has 26 heavy (non-hydrogen) atoms. The van der Waals surface area contributed by atoms with Crippen molar-refractivity contribution >= 4 is 23.2 Å². The quantitative estimate of drug-likeness (QED) is 0.688. The van der Waals surface area contributed by atoms with Crippen LogP contribution in [0.1, 0.15) is 17.5 Å². The molecule has 0 spiro atoms. The lowest BCUT2D eigenvalue weighted by Gasteiger charge is -2.09. The van der Waals surface area contributed by atoms with Crippen LogP contribution in [0.5, 0.6) is 5.75 Å². The Morgan fingerprint density at radius 1 is 1.19 bits per heavy atom. The first-order chi connectivity index (χ1) is 12.5. The van der Waals surface area contributed by atoms with Crippen LogP contribution in [0, 0.1) is 13.8 Å². The van der Waals surface area contributed by atoms with E-state index in [1.807, 2.05) is 26.0 Å². The van der Waals surface area contributed by atoms with Crippen molar-refractivity contribution in [2.24, 2.45) is 0 Å². The Labute approximate surface area is 156 Å². The average molecular weight is 374 g/mol. The fourth-order valence-corrected chi connectivity index (χ4v) is 2.65. The summed E-state index contributed by atoms with van der Waals surface area (Å²) in [5, 5.41) is 11.6. The first-order valence-electron chi connectivity index (χ1n) is 8.20. The minimum Gasteiger partial charge on any atom is -0.471 e. The van der Waals surface area contributed by atoms with E-state index in [0.29, 0.717) is 23.7 Å². The molecule has 0 saturated carbocycles. The lowest BCUT2D eigenvalue weighted by Crippen LogP contribution is -2.14. The van der Waals surface area contributed by atoms with Crippen molar-refractivity contribution in [3.63, 3.8) is 0 Å². The number of amides is 1.